The summed E-state index contributed by atoms with van der Waals surface area (Å²) in [7, 11) is 0. The Hall–Kier alpha value is -4.01. The molecule has 0 aliphatic carbocycles. The average Bonchev–Trinajstić information content (AvgIpc) is 3.46. The van der Waals surface area contributed by atoms with Crippen LogP contribution in [-0.2, 0) is 15.0 Å². The van der Waals surface area contributed by atoms with Gasteiger partial charge in [0.15, 0.2) is 0 Å². The summed E-state index contributed by atoms with van der Waals surface area (Å²) in [6.45, 7) is 2.05. The topological polar surface area (TPSA) is 128 Å². The number of carbonyl (C=O) groups excluding carboxylic acids is 2. The minimum atomic E-state index is -0.826. The van der Waals surface area contributed by atoms with Crippen molar-refractivity contribution in [1.82, 2.24) is 20.1 Å². The summed E-state index contributed by atoms with van der Waals surface area (Å²) in [5.41, 5.74) is 3.02. The number of aromatic nitrogens is 3. The van der Waals surface area contributed by atoms with E-state index >= 15 is 0 Å². The Labute approximate surface area is 178 Å². The van der Waals surface area contributed by atoms with Gasteiger partial charge in [-0.25, -0.2) is 0 Å². The minimum absolute atomic E-state index is 0.0678. The van der Waals surface area contributed by atoms with Crippen LogP contribution in [0.15, 0.2) is 55.0 Å². The van der Waals surface area contributed by atoms with Gasteiger partial charge in [-0.15, -0.1) is 0 Å². The number of carbonyl (C=O) groups is 3. The molecule has 3 N–H and O–H groups in total. The number of anilines is 1. The zero-order valence-electron chi connectivity index (χ0n) is 16.8. The highest BCUT2D eigenvalue weighted by molar-refractivity contribution is 6.08. The summed E-state index contributed by atoms with van der Waals surface area (Å²) in [6, 6.07) is 11.1. The maximum atomic E-state index is 13.4. The molecule has 31 heavy (non-hydrogen) atoms. The summed E-state index contributed by atoms with van der Waals surface area (Å²) >= 11 is 0. The van der Waals surface area contributed by atoms with E-state index in [0.717, 1.165) is 16.8 Å². The average molecular weight is 419 g/mol. The first-order valence-electron chi connectivity index (χ1n) is 9.74. The molecule has 1 fully saturated rings. The first-order chi connectivity index (χ1) is 15.0. The molecule has 1 spiro atoms. The lowest BCUT2D eigenvalue weighted by Crippen LogP contribution is -2.42. The molecule has 0 bridgehead atoms. The van der Waals surface area contributed by atoms with Crippen LogP contribution in [0.5, 0.6) is 0 Å². The van der Waals surface area contributed by atoms with E-state index in [2.05, 4.69) is 20.5 Å². The van der Waals surface area contributed by atoms with Crippen molar-refractivity contribution >= 4 is 24.0 Å². The predicted octanol–water partition coefficient (Wildman–Crippen LogP) is 2.29. The molecule has 2 atom stereocenters. The van der Waals surface area contributed by atoms with Crippen LogP contribution in [0.25, 0.3) is 0 Å². The fourth-order valence-corrected chi connectivity index (χ4v) is 4.63. The molecule has 2 aliphatic rings. The van der Waals surface area contributed by atoms with Gasteiger partial charge in [-0.05, 0) is 36.6 Å². The number of para-hydroxylation sites is 1. The quantitative estimate of drug-likeness (QED) is 0.547. The Bertz CT molecular complexity index is 1130. The number of nitrogens with zero attached hydrogens (tertiary/aromatic N) is 3. The second-order valence-electron chi connectivity index (χ2n) is 7.42. The van der Waals surface area contributed by atoms with Crippen LogP contribution in [0, 0.1) is 6.92 Å². The number of pyridine rings is 1. The third-order valence-electron chi connectivity index (χ3n) is 5.91. The van der Waals surface area contributed by atoms with Gasteiger partial charge in [0.1, 0.15) is 5.41 Å². The zero-order chi connectivity index (χ0) is 22.0. The highest BCUT2D eigenvalue weighted by Crippen LogP contribution is 2.54. The molecular weight excluding hydrogens is 398 g/mol. The lowest BCUT2D eigenvalue weighted by molar-refractivity contribution is -0.123. The number of rotatable bonds is 2. The molecule has 5 rings (SSSR count). The number of fused-ring (bicyclic) bond motifs is 2. The molecule has 4 heterocycles. The number of hydrogen-bond donors (Lipinski definition) is 3. The van der Waals surface area contributed by atoms with E-state index < -0.39 is 11.5 Å². The summed E-state index contributed by atoms with van der Waals surface area (Å²) in [5, 5.41) is 16.7. The number of aromatic amines is 1. The first kappa shape index (κ1) is 20.3. The van der Waals surface area contributed by atoms with Gasteiger partial charge in [0.2, 0.25) is 5.91 Å². The van der Waals surface area contributed by atoms with E-state index in [1.807, 2.05) is 43.3 Å². The summed E-state index contributed by atoms with van der Waals surface area (Å²) in [6.07, 6.45) is 5.54. The minimum Gasteiger partial charge on any atom is -0.483 e. The van der Waals surface area contributed by atoms with Crippen molar-refractivity contribution in [2.24, 2.45) is 0 Å². The molecular formula is C22H21N5O4. The Balaban J connectivity index is 0.000000730. The van der Waals surface area contributed by atoms with Crippen molar-refractivity contribution in [3.8, 4) is 0 Å². The van der Waals surface area contributed by atoms with E-state index in [1.54, 1.807) is 23.5 Å². The lowest BCUT2D eigenvalue weighted by Gasteiger charge is -2.34. The molecule has 2 aromatic heterocycles. The predicted molar refractivity (Wildman–Crippen MR) is 111 cm³/mol. The number of hydrogen-bond acceptors (Lipinski definition) is 5. The fraction of sp³-hybridized carbons (Fsp3) is 0.227. The Kier molecular flexibility index (Phi) is 5.24. The van der Waals surface area contributed by atoms with Gasteiger partial charge >= 0.3 is 0 Å². The number of aryl methyl sites for hydroxylation is 1. The van der Waals surface area contributed by atoms with Gasteiger partial charge in [0.25, 0.3) is 12.4 Å². The maximum Gasteiger partial charge on any atom is 0.290 e. The highest BCUT2D eigenvalue weighted by atomic mass is 16.3. The maximum absolute atomic E-state index is 13.4. The molecule has 1 saturated heterocycles. The van der Waals surface area contributed by atoms with Gasteiger partial charge in [0, 0.05) is 30.3 Å². The van der Waals surface area contributed by atoms with Crippen LogP contribution in [0.4, 0.5) is 5.69 Å². The largest absolute Gasteiger partial charge is 0.483 e. The van der Waals surface area contributed by atoms with E-state index in [0.29, 0.717) is 24.2 Å². The Morgan fingerprint density at radius 1 is 1.26 bits per heavy atom. The second kappa shape index (κ2) is 8.02. The SMILES string of the molecule is Cc1[nH]ncc1C(=O)N1CCC2(C(=O)Nc3ccccc32)C1c1cccnc1.O=CO. The van der Waals surface area contributed by atoms with E-state index in [9.17, 15) is 9.59 Å². The van der Waals surface area contributed by atoms with Gasteiger partial charge in [-0.3, -0.25) is 24.5 Å². The Morgan fingerprint density at radius 2 is 2.03 bits per heavy atom. The van der Waals surface area contributed by atoms with Gasteiger partial charge < -0.3 is 15.3 Å². The van der Waals surface area contributed by atoms with Crippen LogP contribution in [0.3, 0.4) is 0 Å². The highest BCUT2D eigenvalue weighted by Gasteiger charge is 2.59. The van der Waals surface area contributed by atoms with Crippen molar-refractivity contribution in [3.63, 3.8) is 0 Å². The molecule has 158 valence electrons. The molecule has 9 heteroatoms. The number of likely N-dealkylation sites (tertiary alicyclic amines) is 1. The number of amides is 2. The van der Waals surface area contributed by atoms with Crippen LogP contribution in [-0.4, -0.2) is 50.0 Å². The third-order valence-corrected chi connectivity index (χ3v) is 5.91. The number of H-pyrrole nitrogens is 1. The summed E-state index contributed by atoms with van der Waals surface area (Å²) in [5.74, 6) is -0.198. The van der Waals surface area contributed by atoms with E-state index in [1.165, 1.54) is 0 Å². The number of nitrogens with one attached hydrogen (secondary N) is 2. The van der Waals surface area contributed by atoms with Crippen LogP contribution < -0.4 is 5.32 Å². The first-order valence-corrected chi connectivity index (χ1v) is 9.74. The van der Waals surface area contributed by atoms with Gasteiger partial charge in [-0.2, -0.15) is 5.10 Å². The smallest absolute Gasteiger partial charge is 0.290 e. The molecule has 2 aliphatic heterocycles. The van der Waals surface area contributed by atoms with E-state index in [4.69, 9.17) is 9.90 Å². The molecule has 2 unspecified atom stereocenters. The molecule has 9 nitrogen and oxygen atoms in total. The molecule has 2 amide bonds. The third kappa shape index (κ3) is 3.14. The molecule has 0 radical (unpaired) electrons. The van der Waals surface area contributed by atoms with Crippen molar-refractivity contribution in [1.29, 1.82) is 0 Å². The second-order valence-corrected chi connectivity index (χ2v) is 7.42. The zero-order valence-corrected chi connectivity index (χ0v) is 16.8. The standard InChI is InChI=1S/C21H19N5O2.CH2O2/c1-13-15(12-23-25-13)19(27)26-10-8-21(18(26)14-5-4-9-22-11-14)16-6-2-3-7-17(16)24-20(21)28;2-1-3/h2-7,9,11-12,18H,8,10H2,1H3,(H,23,25)(H,24,28);1H,(H,2,3). The van der Waals surface area contributed by atoms with Gasteiger partial charge in [-0.1, -0.05) is 24.3 Å². The lowest BCUT2D eigenvalue weighted by atomic mass is 9.73. The van der Waals surface area contributed by atoms with Crippen LogP contribution in [0.1, 0.15) is 39.6 Å². The number of benzene rings is 1. The van der Waals surface area contributed by atoms with Crippen LogP contribution >= 0.6 is 0 Å². The molecule has 1 aromatic carbocycles. The van der Waals surface area contributed by atoms with Crippen molar-refractivity contribution < 1.29 is 19.5 Å². The fourth-order valence-electron chi connectivity index (χ4n) is 4.63. The van der Waals surface area contributed by atoms with Crippen molar-refractivity contribution in [2.75, 3.05) is 11.9 Å². The summed E-state index contributed by atoms with van der Waals surface area (Å²) < 4.78 is 0. The Morgan fingerprint density at radius 3 is 2.71 bits per heavy atom. The van der Waals surface area contributed by atoms with Crippen molar-refractivity contribution in [2.45, 2.75) is 24.8 Å². The van der Waals surface area contributed by atoms with Crippen molar-refractivity contribution in [3.05, 3.63) is 77.4 Å². The normalized spacial score (nSPS) is 21.3. The molecule has 0 saturated carbocycles. The van der Waals surface area contributed by atoms with Crippen LogP contribution in [0.2, 0.25) is 0 Å². The number of carboxylic acid groups (broad SMARTS) is 1. The van der Waals surface area contributed by atoms with E-state index in [-0.39, 0.29) is 18.3 Å². The van der Waals surface area contributed by atoms with Gasteiger partial charge in [0.05, 0.1) is 17.8 Å². The molecule has 3 aromatic rings. The summed E-state index contributed by atoms with van der Waals surface area (Å²) in [4.78, 5) is 41.1. The monoisotopic (exact) mass is 419 g/mol.